The molecule has 1 aromatic rings. The van der Waals surface area contributed by atoms with E-state index >= 15 is 0 Å². The number of hydrogen-bond donors (Lipinski definition) is 2. The second-order valence-corrected chi connectivity index (χ2v) is 6.32. The molecule has 0 aliphatic carbocycles. The average Bonchev–Trinajstić information content (AvgIpc) is 2.48. The van der Waals surface area contributed by atoms with Crippen LogP contribution in [0.1, 0.15) is 44.2 Å². The predicted octanol–water partition coefficient (Wildman–Crippen LogP) is 3.23. The van der Waals surface area contributed by atoms with Gasteiger partial charge in [-0.05, 0) is 50.4 Å². The maximum absolute atomic E-state index is 9.77. The van der Waals surface area contributed by atoms with Crippen LogP contribution in [0.15, 0.2) is 24.3 Å². The fourth-order valence-electron chi connectivity index (χ4n) is 2.99. The Kier molecular flexibility index (Phi) is 6.97. The molecular weight excluding hydrogens is 284 g/mol. The Morgan fingerprint density at radius 1 is 1.43 bits per heavy atom. The number of β-amino-alcohol motifs (C(OH)–C–C–N with tert-alkyl or cyclic N) is 1. The zero-order valence-corrected chi connectivity index (χ0v) is 13.6. The number of halogens is 1. The number of likely N-dealkylation sites (tertiary alicyclic amines) is 1. The molecule has 21 heavy (non-hydrogen) atoms. The minimum absolute atomic E-state index is 0.152. The Labute approximate surface area is 133 Å². The summed E-state index contributed by atoms with van der Waals surface area (Å²) in [4.78, 5) is 2.37. The highest BCUT2D eigenvalue weighted by molar-refractivity contribution is 6.31. The van der Waals surface area contributed by atoms with Gasteiger partial charge >= 0.3 is 0 Å². The zero-order chi connectivity index (χ0) is 15.1. The zero-order valence-electron chi connectivity index (χ0n) is 12.9. The van der Waals surface area contributed by atoms with Gasteiger partial charge in [-0.15, -0.1) is 0 Å². The van der Waals surface area contributed by atoms with Gasteiger partial charge in [0.1, 0.15) is 0 Å². The van der Waals surface area contributed by atoms with Crippen molar-refractivity contribution in [2.45, 2.75) is 44.8 Å². The molecular formula is C17H27ClN2O. The largest absolute Gasteiger partial charge is 0.392 e. The summed E-state index contributed by atoms with van der Waals surface area (Å²) in [6, 6.07) is 8.39. The minimum atomic E-state index is -0.152. The predicted molar refractivity (Wildman–Crippen MR) is 88.8 cm³/mol. The molecule has 4 heteroatoms. The summed E-state index contributed by atoms with van der Waals surface area (Å²) < 4.78 is 0. The van der Waals surface area contributed by atoms with Crippen molar-refractivity contribution in [2.75, 3.05) is 26.2 Å². The molecule has 1 aromatic carbocycles. The molecule has 3 nitrogen and oxygen atoms in total. The summed E-state index contributed by atoms with van der Waals surface area (Å²) in [7, 11) is 0. The highest BCUT2D eigenvalue weighted by atomic mass is 35.5. The van der Waals surface area contributed by atoms with E-state index in [9.17, 15) is 5.11 Å². The highest BCUT2D eigenvalue weighted by Gasteiger charge is 2.20. The SMILES string of the molecule is CCCNC(CCN1CCCC(O)C1)c1ccccc1Cl. The number of aliphatic hydroxyl groups is 1. The molecule has 2 atom stereocenters. The first-order chi connectivity index (χ1) is 10.2. The van der Waals surface area contributed by atoms with E-state index in [2.05, 4.69) is 23.2 Å². The monoisotopic (exact) mass is 310 g/mol. The first kappa shape index (κ1) is 16.8. The van der Waals surface area contributed by atoms with Crippen molar-refractivity contribution in [2.24, 2.45) is 0 Å². The third-order valence-corrected chi connectivity index (χ3v) is 4.48. The summed E-state index contributed by atoms with van der Waals surface area (Å²) in [5.41, 5.74) is 1.19. The van der Waals surface area contributed by atoms with E-state index in [-0.39, 0.29) is 12.1 Å². The minimum Gasteiger partial charge on any atom is -0.392 e. The molecule has 1 aliphatic heterocycles. The van der Waals surface area contributed by atoms with Crippen molar-refractivity contribution in [3.05, 3.63) is 34.9 Å². The van der Waals surface area contributed by atoms with Crippen LogP contribution < -0.4 is 5.32 Å². The number of nitrogens with zero attached hydrogens (tertiary/aromatic N) is 1. The van der Waals surface area contributed by atoms with Gasteiger partial charge in [-0.25, -0.2) is 0 Å². The topological polar surface area (TPSA) is 35.5 Å². The molecule has 0 spiro atoms. The van der Waals surface area contributed by atoms with Crippen molar-refractivity contribution in [1.29, 1.82) is 0 Å². The molecule has 1 heterocycles. The van der Waals surface area contributed by atoms with E-state index in [1.807, 2.05) is 18.2 Å². The molecule has 0 saturated carbocycles. The molecule has 0 radical (unpaired) electrons. The highest BCUT2D eigenvalue weighted by Crippen LogP contribution is 2.25. The molecule has 1 fully saturated rings. The van der Waals surface area contributed by atoms with Crippen LogP contribution in [0.4, 0.5) is 0 Å². The lowest BCUT2D eigenvalue weighted by molar-refractivity contribution is 0.0685. The average molecular weight is 311 g/mol. The normalized spacial score (nSPS) is 21.4. The second-order valence-electron chi connectivity index (χ2n) is 5.91. The van der Waals surface area contributed by atoms with E-state index in [1.54, 1.807) is 0 Å². The van der Waals surface area contributed by atoms with Gasteiger partial charge in [0.25, 0.3) is 0 Å². The maximum atomic E-state index is 9.77. The second kappa shape index (κ2) is 8.74. The van der Waals surface area contributed by atoms with Crippen molar-refractivity contribution in [3.8, 4) is 0 Å². The fourth-order valence-corrected chi connectivity index (χ4v) is 3.26. The van der Waals surface area contributed by atoms with Gasteiger partial charge in [0.2, 0.25) is 0 Å². The van der Waals surface area contributed by atoms with Gasteiger partial charge in [0.05, 0.1) is 6.10 Å². The van der Waals surface area contributed by atoms with E-state index < -0.39 is 0 Å². The third kappa shape index (κ3) is 5.26. The molecule has 1 saturated heterocycles. The summed E-state index contributed by atoms with van der Waals surface area (Å²) in [6.45, 7) is 6.09. The van der Waals surface area contributed by atoms with Crippen LogP contribution >= 0.6 is 11.6 Å². The van der Waals surface area contributed by atoms with Crippen molar-refractivity contribution >= 4 is 11.6 Å². The Morgan fingerprint density at radius 2 is 2.24 bits per heavy atom. The first-order valence-corrected chi connectivity index (χ1v) is 8.46. The summed E-state index contributed by atoms with van der Waals surface area (Å²) >= 11 is 6.35. The first-order valence-electron chi connectivity index (χ1n) is 8.09. The number of benzene rings is 1. The Balaban J connectivity index is 1.94. The summed E-state index contributed by atoms with van der Waals surface area (Å²) in [5, 5.41) is 14.2. The third-order valence-electron chi connectivity index (χ3n) is 4.14. The Bertz CT molecular complexity index is 427. The van der Waals surface area contributed by atoms with Crippen molar-refractivity contribution in [1.82, 2.24) is 10.2 Å². The maximum Gasteiger partial charge on any atom is 0.0667 e. The van der Waals surface area contributed by atoms with Crippen LogP contribution in [-0.2, 0) is 0 Å². The van der Waals surface area contributed by atoms with Crippen LogP contribution in [0.2, 0.25) is 5.02 Å². The van der Waals surface area contributed by atoms with Gasteiger partial charge in [0.15, 0.2) is 0 Å². The van der Waals surface area contributed by atoms with E-state index in [4.69, 9.17) is 11.6 Å². The van der Waals surface area contributed by atoms with E-state index in [1.165, 1.54) is 5.56 Å². The molecule has 2 N–H and O–H groups in total. The molecule has 0 amide bonds. The lowest BCUT2D eigenvalue weighted by Gasteiger charge is -2.31. The number of rotatable bonds is 7. The number of nitrogens with one attached hydrogen (secondary N) is 1. The van der Waals surface area contributed by atoms with Crippen LogP contribution in [0.3, 0.4) is 0 Å². The van der Waals surface area contributed by atoms with Crippen molar-refractivity contribution in [3.63, 3.8) is 0 Å². The fraction of sp³-hybridized carbons (Fsp3) is 0.647. The molecule has 2 unspecified atom stereocenters. The van der Waals surface area contributed by atoms with Gasteiger partial charge in [-0.3, -0.25) is 0 Å². The van der Waals surface area contributed by atoms with Crippen molar-refractivity contribution < 1.29 is 5.11 Å². The van der Waals surface area contributed by atoms with Gasteiger partial charge in [0, 0.05) is 24.2 Å². The van der Waals surface area contributed by atoms with E-state index in [0.29, 0.717) is 0 Å². The smallest absolute Gasteiger partial charge is 0.0667 e. The lowest BCUT2D eigenvalue weighted by atomic mass is 10.0. The number of aliphatic hydroxyl groups excluding tert-OH is 1. The van der Waals surface area contributed by atoms with Crippen LogP contribution in [0, 0.1) is 0 Å². The van der Waals surface area contributed by atoms with Gasteiger partial charge in [-0.2, -0.15) is 0 Å². The number of hydrogen-bond acceptors (Lipinski definition) is 3. The van der Waals surface area contributed by atoms with E-state index in [0.717, 1.165) is 56.9 Å². The Morgan fingerprint density at radius 3 is 2.95 bits per heavy atom. The van der Waals surface area contributed by atoms with Crippen LogP contribution in [0.25, 0.3) is 0 Å². The number of piperidine rings is 1. The van der Waals surface area contributed by atoms with Crippen LogP contribution in [-0.4, -0.2) is 42.3 Å². The van der Waals surface area contributed by atoms with Gasteiger partial charge in [-0.1, -0.05) is 36.7 Å². The molecule has 0 aromatic heterocycles. The molecule has 1 aliphatic rings. The quantitative estimate of drug-likeness (QED) is 0.811. The standard InChI is InChI=1S/C17H27ClN2O/c1-2-10-19-17(15-7-3-4-8-16(15)18)9-12-20-11-5-6-14(21)13-20/h3-4,7-8,14,17,19,21H,2,5-6,9-13H2,1H3. The summed E-state index contributed by atoms with van der Waals surface area (Å²) in [6.07, 6.45) is 4.03. The lowest BCUT2D eigenvalue weighted by Crippen LogP contribution is -2.40. The molecule has 118 valence electrons. The Hall–Kier alpha value is -0.610. The molecule has 2 rings (SSSR count). The van der Waals surface area contributed by atoms with Crippen LogP contribution in [0.5, 0.6) is 0 Å². The van der Waals surface area contributed by atoms with Gasteiger partial charge < -0.3 is 15.3 Å². The molecule has 0 bridgehead atoms. The summed E-state index contributed by atoms with van der Waals surface area (Å²) in [5.74, 6) is 0.